The summed E-state index contributed by atoms with van der Waals surface area (Å²) in [5.74, 6) is 0.851. The highest BCUT2D eigenvalue weighted by molar-refractivity contribution is 5.54. The van der Waals surface area contributed by atoms with Crippen molar-refractivity contribution in [3.63, 3.8) is 0 Å². The zero-order valence-electron chi connectivity index (χ0n) is 15.2. The molecule has 1 saturated heterocycles. The van der Waals surface area contributed by atoms with Crippen LogP contribution in [0.4, 0.5) is 5.82 Å². The first-order chi connectivity index (χ1) is 12.2. The molecular formula is C21H26N4. The molecule has 2 heterocycles. The lowest BCUT2D eigenvalue weighted by Gasteiger charge is -2.38. The normalized spacial score (nSPS) is 17.5. The van der Waals surface area contributed by atoms with Gasteiger partial charge in [0.15, 0.2) is 0 Å². The minimum Gasteiger partial charge on any atom is -0.354 e. The van der Waals surface area contributed by atoms with Crippen molar-refractivity contribution in [3.05, 3.63) is 59.3 Å². The summed E-state index contributed by atoms with van der Waals surface area (Å²) in [5, 5.41) is 9.40. The van der Waals surface area contributed by atoms with E-state index in [1.807, 2.05) is 19.1 Å². The average molecular weight is 334 g/mol. The van der Waals surface area contributed by atoms with Gasteiger partial charge in [0, 0.05) is 31.4 Å². The number of pyridine rings is 1. The molecule has 0 saturated carbocycles. The monoisotopic (exact) mass is 334 g/mol. The van der Waals surface area contributed by atoms with Gasteiger partial charge >= 0.3 is 0 Å². The van der Waals surface area contributed by atoms with Gasteiger partial charge in [-0.05, 0) is 50.9 Å². The second-order valence-electron chi connectivity index (χ2n) is 6.89. The largest absolute Gasteiger partial charge is 0.354 e. The molecule has 1 aliphatic heterocycles. The molecule has 3 rings (SSSR count). The maximum Gasteiger partial charge on any atom is 0.146 e. The molecule has 25 heavy (non-hydrogen) atoms. The Hall–Kier alpha value is -2.38. The van der Waals surface area contributed by atoms with Gasteiger partial charge in [0.25, 0.3) is 0 Å². The summed E-state index contributed by atoms with van der Waals surface area (Å²) in [6.07, 6.45) is 3.41. The standard InChI is InChI=1S/C21H26N4/c1-17-10-11-19(15-22)21(23-17)25-13-6-9-20(16-25)24(2)14-12-18-7-4-3-5-8-18/h3-5,7-8,10-11,20H,6,9,12-14,16H2,1-2H3/t20-/m0/s1. The van der Waals surface area contributed by atoms with E-state index in [1.54, 1.807) is 0 Å². The van der Waals surface area contributed by atoms with Gasteiger partial charge in [-0.15, -0.1) is 0 Å². The molecule has 0 spiro atoms. The first-order valence-corrected chi connectivity index (χ1v) is 9.04. The number of hydrogen-bond acceptors (Lipinski definition) is 4. The molecule has 1 aromatic heterocycles. The molecule has 0 bridgehead atoms. The zero-order chi connectivity index (χ0) is 17.6. The van der Waals surface area contributed by atoms with Crippen LogP contribution in [0.3, 0.4) is 0 Å². The SMILES string of the molecule is Cc1ccc(C#N)c(N2CCC[C@H](N(C)CCc3ccccc3)C2)n1. The molecule has 1 aliphatic rings. The molecular weight excluding hydrogens is 308 g/mol. The van der Waals surface area contributed by atoms with Gasteiger partial charge in [-0.25, -0.2) is 4.98 Å². The van der Waals surface area contributed by atoms with Gasteiger partial charge in [-0.3, -0.25) is 0 Å². The lowest BCUT2D eigenvalue weighted by atomic mass is 10.0. The Kier molecular flexibility index (Phi) is 5.67. The maximum absolute atomic E-state index is 9.40. The van der Waals surface area contributed by atoms with Crippen molar-refractivity contribution in [3.8, 4) is 6.07 Å². The fourth-order valence-electron chi connectivity index (χ4n) is 3.51. The molecule has 1 atom stereocenters. The Morgan fingerprint density at radius 3 is 2.80 bits per heavy atom. The summed E-state index contributed by atoms with van der Waals surface area (Å²) in [6.45, 7) is 4.96. The molecule has 0 unspecified atom stereocenters. The minimum atomic E-state index is 0.506. The highest BCUT2D eigenvalue weighted by atomic mass is 15.2. The van der Waals surface area contributed by atoms with Crippen LogP contribution in [0, 0.1) is 18.3 Å². The van der Waals surface area contributed by atoms with Crippen molar-refractivity contribution in [1.29, 1.82) is 5.26 Å². The molecule has 130 valence electrons. The van der Waals surface area contributed by atoms with Crippen LogP contribution >= 0.6 is 0 Å². The molecule has 4 heteroatoms. The van der Waals surface area contributed by atoms with E-state index in [2.05, 4.69) is 58.2 Å². The Balaban J connectivity index is 1.65. The Morgan fingerprint density at radius 1 is 1.24 bits per heavy atom. The third-order valence-corrected chi connectivity index (χ3v) is 5.05. The molecule has 0 aliphatic carbocycles. The summed E-state index contributed by atoms with van der Waals surface area (Å²) in [6, 6.07) is 17.2. The molecule has 4 nitrogen and oxygen atoms in total. The van der Waals surface area contributed by atoms with Gasteiger partial charge in [0.2, 0.25) is 0 Å². The average Bonchev–Trinajstić information content (AvgIpc) is 2.67. The van der Waals surface area contributed by atoms with Gasteiger partial charge in [0.05, 0.1) is 5.56 Å². The zero-order valence-corrected chi connectivity index (χ0v) is 15.2. The number of rotatable bonds is 5. The van der Waals surface area contributed by atoms with Crippen LogP contribution in [-0.4, -0.2) is 42.6 Å². The molecule has 2 aromatic rings. The fraction of sp³-hybridized carbons (Fsp3) is 0.429. The smallest absolute Gasteiger partial charge is 0.146 e. The van der Waals surface area contributed by atoms with E-state index in [9.17, 15) is 5.26 Å². The minimum absolute atomic E-state index is 0.506. The summed E-state index contributed by atoms with van der Waals surface area (Å²) in [4.78, 5) is 9.39. The number of nitrogens with zero attached hydrogens (tertiary/aromatic N) is 4. The number of nitriles is 1. The Morgan fingerprint density at radius 2 is 2.04 bits per heavy atom. The lowest BCUT2D eigenvalue weighted by Crippen LogP contribution is -2.47. The molecule has 1 fully saturated rings. The van der Waals surface area contributed by atoms with Crippen LogP contribution in [0.25, 0.3) is 0 Å². The van der Waals surface area contributed by atoms with E-state index in [4.69, 9.17) is 0 Å². The van der Waals surface area contributed by atoms with E-state index < -0.39 is 0 Å². The van der Waals surface area contributed by atoms with E-state index in [0.717, 1.165) is 44.0 Å². The van der Waals surface area contributed by atoms with Crippen molar-refractivity contribution in [2.24, 2.45) is 0 Å². The number of benzene rings is 1. The first-order valence-electron chi connectivity index (χ1n) is 9.04. The number of likely N-dealkylation sites (N-methyl/N-ethyl adjacent to an activating group) is 1. The van der Waals surface area contributed by atoms with Gasteiger partial charge in [0.1, 0.15) is 11.9 Å². The summed E-state index contributed by atoms with van der Waals surface area (Å²) >= 11 is 0. The highest BCUT2D eigenvalue weighted by Crippen LogP contribution is 2.24. The number of anilines is 1. The van der Waals surface area contributed by atoms with Crippen molar-refractivity contribution in [1.82, 2.24) is 9.88 Å². The maximum atomic E-state index is 9.40. The molecule has 0 amide bonds. The summed E-state index contributed by atoms with van der Waals surface area (Å²) in [7, 11) is 2.21. The first kappa shape index (κ1) is 17.4. The topological polar surface area (TPSA) is 43.2 Å². The van der Waals surface area contributed by atoms with E-state index in [1.165, 1.54) is 12.0 Å². The lowest BCUT2D eigenvalue weighted by molar-refractivity contribution is 0.217. The third-order valence-electron chi connectivity index (χ3n) is 5.05. The van der Waals surface area contributed by atoms with Crippen LogP contribution in [0.2, 0.25) is 0 Å². The fourth-order valence-corrected chi connectivity index (χ4v) is 3.51. The Bertz CT molecular complexity index is 735. The van der Waals surface area contributed by atoms with Crippen LogP contribution in [0.5, 0.6) is 0 Å². The van der Waals surface area contributed by atoms with Crippen LogP contribution < -0.4 is 4.90 Å². The predicted molar refractivity (Wildman–Crippen MR) is 102 cm³/mol. The quantitative estimate of drug-likeness (QED) is 0.840. The third kappa shape index (κ3) is 4.37. The van der Waals surface area contributed by atoms with E-state index >= 15 is 0 Å². The Labute approximate surface area is 150 Å². The summed E-state index contributed by atoms with van der Waals surface area (Å²) in [5.41, 5.74) is 3.03. The van der Waals surface area contributed by atoms with E-state index in [-0.39, 0.29) is 0 Å². The van der Waals surface area contributed by atoms with Gasteiger partial charge in [-0.2, -0.15) is 5.26 Å². The van der Waals surface area contributed by atoms with Gasteiger partial charge < -0.3 is 9.80 Å². The predicted octanol–water partition coefficient (Wildman–Crippen LogP) is 3.41. The van der Waals surface area contributed by atoms with E-state index in [0.29, 0.717) is 11.6 Å². The van der Waals surface area contributed by atoms with Crippen LogP contribution in [-0.2, 0) is 6.42 Å². The van der Waals surface area contributed by atoms with Gasteiger partial charge in [-0.1, -0.05) is 30.3 Å². The van der Waals surface area contributed by atoms with Crippen molar-refractivity contribution >= 4 is 5.82 Å². The number of piperidine rings is 1. The van der Waals surface area contributed by atoms with Crippen LogP contribution in [0.1, 0.15) is 29.7 Å². The molecule has 1 aromatic carbocycles. The van der Waals surface area contributed by atoms with Crippen molar-refractivity contribution in [2.75, 3.05) is 31.6 Å². The van der Waals surface area contributed by atoms with Crippen LogP contribution in [0.15, 0.2) is 42.5 Å². The number of hydrogen-bond donors (Lipinski definition) is 0. The second-order valence-corrected chi connectivity index (χ2v) is 6.89. The second kappa shape index (κ2) is 8.13. The number of aryl methyl sites for hydroxylation is 1. The molecule has 0 radical (unpaired) electrons. The number of aromatic nitrogens is 1. The molecule has 0 N–H and O–H groups in total. The van der Waals surface area contributed by atoms with Crippen molar-refractivity contribution in [2.45, 2.75) is 32.2 Å². The van der Waals surface area contributed by atoms with Crippen molar-refractivity contribution < 1.29 is 0 Å². The highest BCUT2D eigenvalue weighted by Gasteiger charge is 2.25. The summed E-state index contributed by atoms with van der Waals surface area (Å²) < 4.78 is 0.